The van der Waals surface area contributed by atoms with Crippen LogP contribution in [0.2, 0.25) is 0 Å². The molecule has 0 aliphatic heterocycles. The zero-order chi connectivity index (χ0) is 11.5. The molecule has 0 saturated heterocycles. The van der Waals surface area contributed by atoms with Gasteiger partial charge in [-0.3, -0.25) is 0 Å². The Labute approximate surface area is 85.6 Å². The third kappa shape index (κ3) is 4.58. The van der Waals surface area contributed by atoms with Crippen molar-refractivity contribution < 1.29 is 22.6 Å². The fraction of sp³-hybridized carbons (Fsp3) is 0.400. The van der Waals surface area contributed by atoms with Crippen LogP contribution in [0.15, 0.2) is 18.2 Å². The van der Waals surface area contributed by atoms with Gasteiger partial charge in [-0.15, -0.1) is 13.2 Å². The molecule has 1 aromatic rings. The van der Waals surface area contributed by atoms with E-state index in [1.807, 2.05) is 13.8 Å². The maximum Gasteiger partial charge on any atom is 0.573 e. The van der Waals surface area contributed by atoms with Gasteiger partial charge < -0.3 is 9.47 Å². The molecule has 1 rings (SSSR count). The summed E-state index contributed by atoms with van der Waals surface area (Å²) >= 11 is 0. The molecule has 0 unspecified atom stereocenters. The van der Waals surface area contributed by atoms with Crippen molar-refractivity contribution in [3.05, 3.63) is 24.3 Å². The van der Waals surface area contributed by atoms with E-state index < -0.39 is 6.36 Å². The van der Waals surface area contributed by atoms with Gasteiger partial charge in [0.2, 0.25) is 0 Å². The first-order chi connectivity index (χ1) is 6.87. The monoisotopic (exact) mass is 219 g/mol. The standard InChI is InChI=1S/C10H10F3O2/c1-7(2)14-8-3-5-9(6-4-8)15-10(11,12)13/h3,5-7H,1-2H3. The molecule has 0 aromatic heterocycles. The molecule has 0 heterocycles. The van der Waals surface area contributed by atoms with Crippen LogP contribution in [-0.2, 0) is 0 Å². The van der Waals surface area contributed by atoms with Gasteiger partial charge in [0.15, 0.2) is 0 Å². The summed E-state index contributed by atoms with van der Waals surface area (Å²) in [6, 6.07) is 6.19. The van der Waals surface area contributed by atoms with Gasteiger partial charge in [-0.25, -0.2) is 0 Å². The minimum atomic E-state index is -4.67. The van der Waals surface area contributed by atoms with Crippen LogP contribution in [0, 0.1) is 6.07 Å². The second-order valence-corrected chi connectivity index (χ2v) is 3.10. The van der Waals surface area contributed by atoms with E-state index in [-0.39, 0.29) is 11.9 Å². The van der Waals surface area contributed by atoms with Crippen LogP contribution in [0.5, 0.6) is 11.5 Å². The van der Waals surface area contributed by atoms with Crippen molar-refractivity contribution in [2.24, 2.45) is 0 Å². The molecule has 0 aliphatic carbocycles. The van der Waals surface area contributed by atoms with Crippen molar-refractivity contribution in [3.8, 4) is 11.5 Å². The lowest BCUT2D eigenvalue weighted by Gasteiger charge is -2.11. The summed E-state index contributed by atoms with van der Waals surface area (Å²) in [5, 5.41) is 0. The van der Waals surface area contributed by atoms with Crippen molar-refractivity contribution >= 4 is 0 Å². The molecule has 0 saturated carbocycles. The number of hydrogen-bond donors (Lipinski definition) is 0. The first-order valence-electron chi connectivity index (χ1n) is 4.31. The van der Waals surface area contributed by atoms with Gasteiger partial charge in [0.1, 0.15) is 11.5 Å². The number of alkyl halides is 3. The molecule has 2 nitrogen and oxygen atoms in total. The molecule has 0 atom stereocenters. The fourth-order valence-electron chi connectivity index (χ4n) is 0.921. The summed E-state index contributed by atoms with van der Waals surface area (Å²) in [4.78, 5) is 0. The Balaban J connectivity index is 2.64. The largest absolute Gasteiger partial charge is 0.573 e. The van der Waals surface area contributed by atoms with Gasteiger partial charge in [-0.2, -0.15) is 0 Å². The van der Waals surface area contributed by atoms with E-state index >= 15 is 0 Å². The average Bonchev–Trinajstić information content (AvgIpc) is 2.05. The highest BCUT2D eigenvalue weighted by atomic mass is 19.4. The first kappa shape index (κ1) is 11.7. The molecule has 0 spiro atoms. The third-order valence-electron chi connectivity index (χ3n) is 1.35. The molecule has 0 fully saturated rings. The molecule has 0 N–H and O–H groups in total. The summed E-state index contributed by atoms with van der Waals surface area (Å²) < 4.78 is 44.2. The summed E-state index contributed by atoms with van der Waals surface area (Å²) in [6.45, 7) is 3.63. The van der Waals surface area contributed by atoms with Crippen LogP contribution >= 0.6 is 0 Å². The SMILES string of the molecule is CC(C)Oc1[c]cc(OC(F)(F)F)cc1. The van der Waals surface area contributed by atoms with Crippen molar-refractivity contribution in [2.75, 3.05) is 0 Å². The van der Waals surface area contributed by atoms with Crippen LogP contribution in [-0.4, -0.2) is 12.5 Å². The van der Waals surface area contributed by atoms with Crippen LogP contribution in [0.4, 0.5) is 13.2 Å². The van der Waals surface area contributed by atoms with Gasteiger partial charge in [0.05, 0.1) is 6.10 Å². The highest BCUT2D eigenvalue weighted by Crippen LogP contribution is 2.24. The topological polar surface area (TPSA) is 18.5 Å². The summed E-state index contributed by atoms with van der Waals surface area (Å²) in [5.41, 5.74) is 0. The number of benzene rings is 1. The normalized spacial score (nSPS) is 11.6. The van der Waals surface area contributed by atoms with Gasteiger partial charge in [-0.05, 0) is 32.0 Å². The molecule has 0 bridgehead atoms. The number of rotatable bonds is 3. The lowest BCUT2D eigenvalue weighted by Crippen LogP contribution is -2.17. The molecular formula is C10H10F3O2. The Morgan fingerprint density at radius 3 is 2.33 bits per heavy atom. The zero-order valence-corrected chi connectivity index (χ0v) is 8.26. The molecule has 1 aromatic carbocycles. The molecule has 0 aliphatic rings. The van der Waals surface area contributed by atoms with Gasteiger partial charge in [-0.1, -0.05) is 0 Å². The summed E-state index contributed by atoms with van der Waals surface area (Å²) in [6.07, 6.45) is -4.72. The van der Waals surface area contributed by atoms with Crippen molar-refractivity contribution in [2.45, 2.75) is 26.3 Å². The molecule has 15 heavy (non-hydrogen) atoms. The minimum Gasteiger partial charge on any atom is -0.490 e. The molecular weight excluding hydrogens is 209 g/mol. The number of halogens is 3. The number of ether oxygens (including phenoxy) is 2. The van der Waals surface area contributed by atoms with Crippen molar-refractivity contribution in [1.82, 2.24) is 0 Å². The quantitative estimate of drug-likeness (QED) is 0.777. The van der Waals surface area contributed by atoms with Crippen LogP contribution in [0.25, 0.3) is 0 Å². The van der Waals surface area contributed by atoms with E-state index in [2.05, 4.69) is 10.8 Å². The Kier molecular flexibility index (Phi) is 3.44. The first-order valence-corrected chi connectivity index (χ1v) is 4.31. The molecule has 5 heteroatoms. The van der Waals surface area contributed by atoms with E-state index in [0.29, 0.717) is 5.75 Å². The predicted molar refractivity (Wildman–Crippen MR) is 47.7 cm³/mol. The maximum atomic E-state index is 11.8. The van der Waals surface area contributed by atoms with E-state index in [1.165, 1.54) is 12.1 Å². The number of hydrogen-bond acceptors (Lipinski definition) is 2. The second-order valence-electron chi connectivity index (χ2n) is 3.10. The van der Waals surface area contributed by atoms with Crippen molar-refractivity contribution in [3.63, 3.8) is 0 Å². The van der Waals surface area contributed by atoms with E-state index in [0.717, 1.165) is 6.07 Å². The van der Waals surface area contributed by atoms with E-state index in [9.17, 15) is 13.2 Å². The van der Waals surface area contributed by atoms with E-state index in [1.54, 1.807) is 0 Å². The Bertz CT molecular complexity index is 303. The van der Waals surface area contributed by atoms with Crippen LogP contribution in [0.1, 0.15) is 13.8 Å². The Hall–Kier alpha value is -1.39. The molecule has 1 radical (unpaired) electrons. The lowest BCUT2D eigenvalue weighted by atomic mass is 10.3. The highest BCUT2D eigenvalue weighted by molar-refractivity contribution is 5.30. The third-order valence-corrected chi connectivity index (χ3v) is 1.35. The smallest absolute Gasteiger partial charge is 0.490 e. The van der Waals surface area contributed by atoms with Gasteiger partial charge in [0.25, 0.3) is 0 Å². The average molecular weight is 219 g/mol. The predicted octanol–water partition coefficient (Wildman–Crippen LogP) is 3.17. The Morgan fingerprint density at radius 1 is 1.27 bits per heavy atom. The maximum absolute atomic E-state index is 11.8. The summed E-state index contributed by atoms with van der Waals surface area (Å²) in [5.74, 6) is 0.0816. The van der Waals surface area contributed by atoms with Crippen LogP contribution < -0.4 is 9.47 Å². The minimum absolute atomic E-state index is 0.0457. The van der Waals surface area contributed by atoms with Gasteiger partial charge in [0, 0.05) is 6.07 Å². The zero-order valence-electron chi connectivity index (χ0n) is 8.26. The summed E-state index contributed by atoms with van der Waals surface area (Å²) in [7, 11) is 0. The van der Waals surface area contributed by atoms with Crippen molar-refractivity contribution in [1.29, 1.82) is 0 Å². The fourth-order valence-corrected chi connectivity index (χ4v) is 0.921. The second kappa shape index (κ2) is 4.42. The Morgan fingerprint density at radius 2 is 1.93 bits per heavy atom. The van der Waals surface area contributed by atoms with Gasteiger partial charge >= 0.3 is 6.36 Å². The molecule has 0 amide bonds. The highest BCUT2D eigenvalue weighted by Gasteiger charge is 2.30. The lowest BCUT2D eigenvalue weighted by molar-refractivity contribution is -0.274. The van der Waals surface area contributed by atoms with Crippen LogP contribution in [0.3, 0.4) is 0 Å². The molecule has 83 valence electrons. The van der Waals surface area contributed by atoms with E-state index in [4.69, 9.17) is 4.74 Å².